The normalized spacial score (nSPS) is 8.85. The number of carbonyl (C=O) groups excluding carboxylic acids is 1. The summed E-state index contributed by atoms with van der Waals surface area (Å²) in [6.07, 6.45) is 0. The molecule has 0 N–H and O–H groups in total. The van der Waals surface area contributed by atoms with Gasteiger partial charge < -0.3 is 0 Å². The van der Waals surface area contributed by atoms with E-state index in [0.717, 1.165) is 0 Å². The van der Waals surface area contributed by atoms with Crippen molar-refractivity contribution in [2.24, 2.45) is 0 Å². The molecule has 0 bridgehead atoms. The predicted molar refractivity (Wildman–Crippen MR) is 54.2 cm³/mol. The Morgan fingerprint density at radius 2 is 2.08 bits per heavy atom. The Hall–Kier alpha value is -0.970. The molecule has 1 aromatic rings. The van der Waals surface area contributed by atoms with Crippen molar-refractivity contribution in [1.82, 2.24) is 0 Å². The lowest BCUT2D eigenvalue weighted by atomic mass is 10.1. The third-order valence-electron chi connectivity index (χ3n) is 1.43. The summed E-state index contributed by atoms with van der Waals surface area (Å²) < 4.78 is 0. The second-order valence-electron chi connectivity index (χ2n) is 2.31. The monoisotopic (exact) mass is 212 g/mol. The highest BCUT2D eigenvalue weighted by atomic mass is 35.5. The van der Waals surface area contributed by atoms with Crippen LogP contribution in [0.15, 0.2) is 18.2 Å². The third kappa shape index (κ3) is 2.24. The van der Waals surface area contributed by atoms with Crippen LogP contribution in [0.5, 0.6) is 0 Å². The average Bonchev–Trinajstić information content (AvgIpc) is 2.10. The highest BCUT2D eigenvalue weighted by Gasteiger charge is 2.09. The van der Waals surface area contributed by atoms with E-state index in [9.17, 15) is 4.79 Å². The Morgan fingerprint density at radius 3 is 2.69 bits per heavy atom. The van der Waals surface area contributed by atoms with Gasteiger partial charge in [0, 0.05) is 0 Å². The second-order valence-corrected chi connectivity index (χ2v) is 3.09. The number of hydrogen-bond acceptors (Lipinski definition) is 1. The van der Waals surface area contributed by atoms with Gasteiger partial charge in [-0.3, -0.25) is 4.79 Å². The number of benzene rings is 1. The zero-order valence-electron chi connectivity index (χ0n) is 6.90. The first kappa shape index (κ1) is 10.1. The molecule has 0 saturated carbocycles. The van der Waals surface area contributed by atoms with Crippen LogP contribution in [-0.4, -0.2) is 5.78 Å². The van der Waals surface area contributed by atoms with Gasteiger partial charge in [-0.15, -0.1) is 0 Å². The Balaban J connectivity index is 3.20. The number of Topliss-reactive ketones (excluding diaryl/α,β-unsaturated/α-hetero) is 1. The quantitative estimate of drug-likeness (QED) is 0.397. The number of carbonyl (C=O) groups is 1. The zero-order valence-corrected chi connectivity index (χ0v) is 8.41. The zero-order chi connectivity index (χ0) is 9.84. The Kier molecular flexibility index (Phi) is 3.36. The second kappa shape index (κ2) is 4.32. The lowest BCUT2D eigenvalue weighted by Gasteiger charge is -1.99. The van der Waals surface area contributed by atoms with Crippen LogP contribution in [-0.2, 0) is 0 Å². The highest BCUT2D eigenvalue weighted by Crippen LogP contribution is 2.25. The highest BCUT2D eigenvalue weighted by molar-refractivity contribution is 6.44. The number of rotatable bonds is 1. The third-order valence-corrected chi connectivity index (χ3v) is 2.25. The molecular formula is C10H6Cl2O. The van der Waals surface area contributed by atoms with Crippen LogP contribution < -0.4 is 0 Å². The van der Waals surface area contributed by atoms with Gasteiger partial charge in [0.1, 0.15) is 0 Å². The van der Waals surface area contributed by atoms with Gasteiger partial charge in [0.25, 0.3) is 0 Å². The molecule has 13 heavy (non-hydrogen) atoms. The van der Waals surface area contributed by atoms with Gasteiger partial charge in [-0.25, -0.2) is 0 Å². The van der Waals surface area contributed by atoms with E-state index >= 15 is 0 Å². The molecule has 0 aliphatic rings. The van der Waals surface area contributed by atoms with Gasteiger partial charge >= 0.3 is 0 Å². The SMILES string of the molecule is CC#CC(=O)c1cccc(Cl)c1Cl. The molecule has 0 unspecified atom stereocenters. The molecule has 0 aromatic heterocycles. The van der Waals surface area contributed by atoms with Crippen molar-refractivity contribution in [2.75, 3.05) is 0 Å². The van der Waals surface area contributed by atoms with Crippen molar-refractivity contribution in [3.8, 4) is 11.8 Å². The van der Waals surface area contributed by atoms with Crippen LogP contribution in [0.1, 0.15) is 17.3 Å². The smallest absolute Gasteiger partial charge is 0.237 e. The summed E-state index contributed by atoms with van der Waals surface area (Å²) in [5.41, 5.74) is 0.350. The molecule has 0 fully saturated rings. The first-order valence-electron chi connectivity index (χ1n) is 3.58. The Bertz CT molecular complexity index is 399. The van der Waals surface area contributed by atoms with Crippen molar-refractivity contribution in [3.63, 3.8) is 0 Å². The molecule has 0 amide bonds. The molecule has 66 valence electrons. The van der Waals surface area contributed by atoms with Gasteiger partial charge in [0.05, 0.1) is 15.6 Å². The molecule has 0 radical (unpaired) electrons. The minimum atomic E-state index is -0.310. The van der Waals surface area contributed by atoms with Gasteiger partial charge in [0.2, 0.25) is 5.78 Å². The lowest BCUT2D eigenvalue weighted by Crippen LogP contribution is -1.95. The predicted octanol–water partition coefficient (Wildman–Crippen LogP) is 3.20. The fraction of sp³-hybridized carbons (Fsp3) is 0.100. The summed E-state index contributed by atoms with van der Waals surface area (Å²) in [7, 11) is 0. The lowest BCUT2D eigenvalue weighted by molar-refractivity contribution is 0.105. The number of ketones is 1. The molecule has 3 heteroatoms. The first-order valence-corrected chi connectivity index (χ1v) is 4.33. The van der Waals surface area contributed by atoms with E-state index in [-0.39, 0.29) is 10.8 Å². The molecule has 1 nitrogen and oxygen atoms in total. The minimum Gasteiger partial charge on any atom is -0.279 e. The van der Waals surface area contributed by atoms with Crippen LogP contribution in [0.25, 0.3) is 0 Å². The summed E-state index contributed by atoms with van der Waals surface area (Å²) in [5.74, 6) is 4.60. The van der Waals surface area contributed by atoms with Crippen LogP contribution in [0.3, 0.4) is 0 Å². The van der Waals surface area contributed by atoms with Crippen LogP contribution in [0.4, 0.5) is 0 Å². The maximum Gasteiger partial charge on any atom is 0.237 e. The standard InChI is InChI=1S/C10H6Cl2O/c1-2-4-9(13)7-5-3-6-8(11)10(7)12/h3,5-6H,1H3. The topological polar surface area (TPSA) is 17.1 Å². The Labute approximate surface area is 86.7 Å². The summed E-state index contributed by atoms with van der Waals surface area (Å²) in [4.78, 5) is 11.3. The van der Waals surface area contributed by atoms with E-state index in [1.807, 2.05) is 0 Å². The first-order chi connectivity index (χ1) is 6.16. The average molecular weight is 213 g/mol. The molecule has 1 rings (SSSR count). The summed E-state index contributed by atoms with van der Waals surface area (Å²) >= 11 is 11.5. The molecule has 0 saturated heterocycles. The fourth-order valence-corrected chi connectivity index (χ4v) is 1.25. The fourth-order valence-electron chi connectivity index (χ4n) is 0.860. The molecule has 1 aromatic carbocycles. The van der Waals surface area contributed by atoms with Crippen LogP contribution in [0, 0.1) is 11.8 Å². The maximum absolute atomic E-state index is 11.3. The van der Waals surface area contributed by atoms with Crippen molar-refractivity contribution < 1.29 is 4.79 Å². The molecule has 0 aliphatic carbocycles. The van der Waals surface area contributed by atoms with E-state index in [4.69, 9.17) is 23.2 Å². The van der Waals surface area contributed by atoms with E-state index < -0.39 is 0 Å². The van der Waals surface area contributed by atoms with Crippen LogP contribution in [0.2, 0.25) is 10.0 Å². The molecular weight excluding hydrogens is 207 g/mol. The van der Waals surface area contributed by atoms with Gasteiger partial charge in [0.15, 0.2) is 0 Å². The summed E-state index contributed by atoms with van der Waals surface area (Å²) in [6, 6.07) is 4.89. The van der Waals surface area contributed by atoms with Gasteiger partial charge in [-0.2, -0.15) is 0 Å². The minimum absolute atomic E-state index is 0.261. The maximum atomic E-state index is 11.3. The Morgan fingerprint density at radius 1 is 1.38 bits per heavy atom. The van der Waals surface area contributed by atoms with E-state index in [2.05, 4.69) is 11.8 Å². The van der Waals surface area contributed by atoms with E-state index in [1.54, 1.807) is 25.1 Å². The van der Waals surface area contributed by atoms with Crippen molar-refractivity contribution in [1.29, 1.82) is 0 Å². The van der Waals surface area contributed by atoms with E-state index in [0.29, 0.717) is 10.6 Å². The van der Waals surface area contributed by atoms with Gasteiger partial charge in [-0.05, 0) is 25.0 Å². The van der Waals surface area contributed by atoms with Gasteiger partial charge in [-0.1, -0.05) is 35.2 Å². The van der Waals surface area contributed by atoms with Crippen LogP contribution >= 0.6 is 23.2 Å². The van der Waals surface area contributed by atoms with E-state index in [1.165, 1.54) is 0 Å². The van der Waals surface area contributed by atoms with Crippen molar-refractivity contribution >= 4 is 29.0 Å². The van der Waals surface area contributed by atoms with Crippen molar-refractivity contribution in [2.45, 2.75) is 6.92 Å². The number of hydrogen-bond donors (Lipinski definition) is 0. The molecule has 0 heterocycles. The summed E-state index contributed by atoms with van der Waals surface area (Å²) in [6.45, 7) is 1.59. The van der Waals surface area contributed by atoms with Crippen molar-refractivity contribution in [3.05, 3.63) is 33.8 Å². The molecule has 0 aliphatic heterocycles. The summed E-state index contributed by atoms with van der Waals surface area (Å²) in [5, 5.41) is 0.627. The molecule has 0 spiro atoms. The largest absolute Gasteiger partial charge is 0.279 e. The number of halogens is 2. The molecule has 0 atom stereocenters.